The highest BCUT2D eigenvalue weighted by Crippen LogP contribution is 2.77. The number of para-hydroxylation sites is 1. The maximum absolute atomic E-state index is 14.3. The van der Waals surface area contributed by atoms with Gasteiger partial charge in [-0.05, 0) is 23.6 Å². The number of rotatable bonds is 6. The molecule has 1 heterocycles. The van der Waals surface area contributed by atoms with Gasteiger partial charge in [-0.1, -0.05) is 55.8 Å². The number of allylic oxidation sites excluding steroid dienone is 2. The van der Waals surface area contributed by atoms with E-state index in [4.69, 9.17) is 16.3 Å². The SMILES string of the molecule is CC1(C)C(C=C(Cl)C(F)(F)F)[C@]1(C(=O)O)[C@H](c1cccc(Oc2ccccc2)n1)C(F)(F)F. The Hall–Kier alpha value is -2.75. The zero-order valence-corrected chi connectivity index (χ0v) is 18.0. The number of pyridine rings is 1. The lowest BCUT2D eigenvalue weighted by molar-refractivity contribution is -0.184. The smallest absolute Gasteiger partial charge is 0.426 e. The molecule has 11 heteroatoms. The minimum absolute atomic E-state index is 0.229. The third-order valence-electron chi connectivity index (χ3n) is 5.98. The second kappa shape index (κ2) is 8.23. The standard InChI is InChI=1S/C22H18ClF6NO3/c1-19(2)14(11-15(23)21(24,25)26)20(19,18(31)32)17(22(27,28)29)13-9-6-10-16(30-13)33-12-7-4-3-5-8-12/h3-11,14,17H,1-2H3,(H,31,32)/t14?,17-,20+/m0/s1. The maximum atomic E-state index is 14.3. The second-order valence-corrected chi connectivity index (χ2v) is 8.58. The molecule has 0 aliphatic heterocycles. The predicted octanol–water partition coefficient (Wildman–Crippen LogP) is 6.93. The largest absolute Gasteiger partial charge is 0.481 e. The fourth-order valence-electron chi connectivity index (χ4n) is 4.42. The zero-order chi connectivity index (χ0) is 24.8. The van der Waals surface area contributed by atoms with Crippen LogP contribution in [0.1, 0.15) is 25.5 Å². The number of halogens is 7. The number of hydrogen-bond donors (Lipinski definition) is 1. The Labute approximate surface area is 189 Å². The van der Waals surface area contributed by atoms with E-state index in [1.807, 2.05) is 0 Å². The van der Waals surface area contributed by atoms with E-state index < -0.39 is 51.7 Å². The van der Waals surface area contributed by atoms with E-state index >= 15 is 0 Å². The molecule has 0 radical (unpaired) electrons. The Morgan fingerprint density at radius 3 is 2.21 bits per heavy atom. The van der Waals surface area contributed by atoms with Crippen LogP contribution in [0, 0.1) is 16.7 Å². The van der Waals surface area contributed by atoms with Gasteiger partial charge in [0.15, 0.2) is 0 Å². The number of nitrogens with zero attached hydrogens (tertiary/aromatic N) is 1. The number of carboxylic acids is 1. The van der Waals surface area contributed by atoms with E-state index in [1.54, 1.807) is 18.2 Å². The summed E-state index contributed by atoms with van der Waals surface area (Å²) < 4.78 is 87.3. The molecule has 33 heavy (non-hydrogen) atoms. The van der Waals surface area contributed by atoms with Gasteiger partial charge in [0.2, 0.25) is 5.88 Å². The third-order valence-corrected chi connectivity index (χ3v) is 6.32. The highest BCUT2D eigenvalue weighted by Gasteiger charge is 2.82. The van der Waals surface area contributed by atoms with E-state index in [0.29, 0.717) is 6.08 Å². The van der Waals surface area contributed by atoms with Gasteiger partial charge >= 0.3 is 18.3 Å². The minimum atomic E-state index is -5.15. The van der Waals surface area contributed by atoms with E-state index in [2.05, 4.69) is 4.98 Å². The molecule has 2 aromatic rings. The van der Waals surface area contributed by atoms with Crippen molar-refractivity contribution >= 4 is 17.6 Å². The number of carbonyl (C=O) groups is 1. The van der Waals surface area contributed by atoms with Crippen LogP contribution in [0.5, 0.6) is 11.6 Å². The average Bonchev–Trinajstić information content (AvgIpc) is 3.16. The number of carboxylic acid groups (broad SMARTS) is 1. The number of alkyl halides is 6. The minimum Gasteiger partial charge on any atom is -0.481 e. The van der Waals surface area contributed by atoms with Crippen LogP contribution >= 0.6 is 11.6 Å². The lowest BCUT2D eigenvalue weighted by Gasteiger charge is -2.29. The van der Waals surface area contributed by atoms with E-state index in [0.717, 1.165) is 19.9 Å². The molecule has 0 bridgehead atoms. The summed E-state index contributed by atoms with van der Waals surface area (Å²) in [6.07, 6.45) is -9.83. The first-order valence-corrected chi connectivity index (χ1v) is 9.95. The van der Waals surface area contributed by atoms with E-state index in [1.165, 1.54) is 24.3 Å². The number of aliphatic carboxylic acids is 1. The summed E-state index contributed by atoms with van der Waals surface area (Å²) in [7, 11) is 0. The fraction of sp³-hybridized carbons (Fsp3) is 0.364. The van der Waals surface area contributed by atoms with Gasteiger partial charge in [0.1, 0.15) is 16.7 Å². The number of benzene rings is 1. The third kappa shape index (κ3) is 4.40. The van der Waals surface area contributed by atoms with Crippen LogP contribution in [0.3, 0.4) is 0 Å². The summed E-state index contributed by atoms with van der Waals surface area (Å²) in [4.78, 5) is 16.1. The molecule has 0 amide bonds. The lowest BCUT2D eigenvalue weighted by atomic mass is 9.79. The molecule has 1 N–H and O–H groups in total. The van der Waals surface area contributed by atoms with Crippen LogP contribution in [-0.4, -0.2) is 28.4 Å². The van der Waals surface area contributed by atoms with Gasteiger partial charge < -0.3 is 9.84 Å². The lowest BCUT2D eigenvalue weighted by Crippen LogP contribution is -2.39. The Kier molecular flexibility index (Phi) is 6.21. The topological polar surface area (TPSA) is 59.4 Å². The van der Waals surface area contributed by atoms with Crippen molar-refractivity contribution in [3.63, 3.8) is 0 Å². The van der Waals surface area contributed by atoms with Crippen LogP contribution in [0.25, 0.3) is 0 Å². The molecular weight excluding hydrogens is 476 g/mol. The van der Waals surface area contributed by atoms with Gasteiger partial charge in [0, 0.05) is 12.0 Å². The molecule has 1 aliphatic rings. The Bertz CT molecular complexity index is 1070. The number of ether oxygens (including phenoxy) is 1. The Morgan fingerprint density at radius 2 is 1.70 bits per heavy atom. The predicted molar refractivity (Wildman–Crippen MR) is 107 cm³/mol. The highest BCUT2D eigenvalue weighted by atomic mass is 35.5. The molecule has 1 unspecified atom stereocenters. The molecule has 1 saturated carbocycles. The number of aromatic nitrogens is 1. The summed E-state index contributed by atoms with van der Waals surface area (Å²) in [6.45, 7) is 2.32. The van der Waals surface area contributed by atoms with Crippen molar-refractivity contribution in [2.24, 2.45) is 16.7 Å². The van der Waals surface area contributed by atoms with Crippen molar-refractivity contribution < 1.29 is 41.0 Å². The first-order chi connectivity index (χ1) is 15.1. The van der Waals surface area contributed by atoms with Crippen molar-refractivity contribution in [2.75, 3.05) is 0 Å². The van der Waals surface area contributed by atoms with Gasteiger partial charge in [-0.3, -0.25) is 4.79 Å². The van der Waals surface area contributed by atoms with Crippen LogP contribution in [0.2, 0.25) is 0 Å². The zero-order valence-electron chi connectivity index (χ0n) is 17.2. The number of hydrogen-bond acceptors (Lipinski definition) is 3. The molecule has 4 nitrogen and oxygen atoms in total. The average molecular weight is 494 g/mol. The van der Waals surface area contributed by atoms with Crippen molar-refractivity contribution in [1.29, 1.82) is 0 Å². The fourth-order valence-corrected chi connectivity index (χ4v) is 4.54. The van der Waals surface area contributed by atoms with Gasteiger partial charge in [-0.2, -0.15) is 26.3 Å². The second-order valence-electron chi connectivity index (χ2n) is 8.18. The van der Waals surface area contributed by atoms with Crippen molar-refractivity contribution in [1.82, 2.24) is 4.98 Å². The summed E-state index contributed by atoms with van der Waals surface area (Å²) in [6, 6.07) is 11.5. The maximum Gasteiger partial charge on any atom is 0.426 e. The van der Waals surface area contributed by atoms with Crippen LogP contribution in [0.4, 0.5) is 26.3 Å². The molecule has 178 valence electrons. The molecule has 0 spiro atoms. The van der Waals surface area contributed by atoms with E-state index in [9.17, 15) is 36.2 Å². The first kappa shape index (κ1) is 24.9. The van der Waals surface area contributed by atoms with Gasteiger partial charge in [-0.15, -0.1) is 0 Å². The van der Waals surface area contributed by atoms with Crippen LogP contribution in [0.15, 0.2) is 59.6 Å². The summed E-state index contributed by atoms with van der Waals surface area (Å²) in [5.41, 5.74) is -5.08. The molecule has 1 aromatic carbocycles. The van der Waals surface area contributed by atoms with Gasteiger partial charge in [-0.25, -0.2) is 4.98 Å². The normalized spacial score (nSPS) is 23.7. The van der Waals surface area contributed by atoms with Gasteiger partial charge in [0.05, 0.1) is 11.1 Å². The van der Waals surface area contributed by atoms with Crippen LogP contribution in [-0.2, 0) is 4.79 Å². The monoisotopic (exact) mass is 493 g/mol. The van der Waals surface area contributed by atoms with Crippen molar-refractivity contribution in [3.8, 4) is 11.6 Å². The van der Waals surface area contributed by atoms with Crippen LogP contribution < -0.4 is 4.74 Å². The molecule has 1 fully saturated rings. The van der Waals surface area contributed by atoms with Gasteiger partial charge in [0.25, 0.3) is 0 Å². The molecule has 1 aromatic heterocycles. The summed E-state index contributed by atoms with van der Waals surface area (Å²) in [5.74, 6) is -6.24. The first-order valence-electron chi connectivity index (χ1n) is 9.58. The Balaban J connectivity index is 2.12. The molecule has 1 aliphatic carbocycles. The van der Waals surface area contributed by atoms with Crippen molar-refractivity contribution in [3.05, 3.63) is 65.3 Å². The molecule has 3 atom stereocenters. The Morgan fingerprint density at radius 1 is 1.09 bits per heavy atom. The summed E-state index contributed by atoms with van der Waals surface area (Å²) >= 11 is 5.26. The molecule has 3 rings (SSSR count). The summed E-state index contributed by atoms with van der Waals surface area (Å²) in [5, 5.41) is 8.23. The highest BCUT2D eigenvalue weighted by molar-refractivity contribution is 6.30. The van der Waals surface area contributed by atoms with Crippen molar-refractivity contribution in [2.45, 2.75) is 32.1 Å². The molecule has 0 saturated heterocycles. The quantitative estimate of drug-likeness (QED) is 0.443. The molecular formula is C22H18ClF6NO3. The van der Waals surface area contributed by atoms with E-state index in [-0.39, 0.29) is 11.6 Å².